The van der Waals surface area contributed by atoms with Crippen molar-refractivity contribution >= 4 is 5.91 Å². The maximum atomic E-state index is 12.3. The Hall–Kier alpha value is -1.55. The first-order valence-corrected chi connectivity index (χ1v) is 7.50. The van der Waals surface area contributed by atoms with E-state index >= 15 is 0 Å². The number of nitrogens with one attached hydrogen (secondary N) is 1. The topological polar surface area (TPSA) is 47.6 Å². The van der Waals surface area contributed by atoms with Gasteiger partial charge in [0, 0.05) is 24.3 Å². The molecule has 0 radical (unpaired) electrons. The number of carbonyl (C=O) groups excluding carboxylic acids is 1. The summed E-state index contributed by atoms with van der Waals surface area (Å²) >= 11 is 0. The van der Waals surface area contributed by atoms with Gasteiger partial charge in [-0.3, -0.25) is 4.79 Å². The van der Waals surface area contributed by atoms with E-state index in [4.69, 9.17) is 9.47 Å². The third-order valence-corrected chi connectivity index (χ3v) is 3.78. The van der Waals surface area contributed by atoms with Crippen molar-refractivity contribution in [3.8, 4) is 5.75 Å². The number of hydrogen-bond acceptors (Lipinski definition) is 3. The molecule has 1 saturated heterocycles. The number of methoxy groups -OCH3 is 1. The van der Waals surface area contributed by atoms with E-state index in [9.17, 15) is 4.79 Å². The van der Waals surface area contributed by atoms with Gasteiger partial charge in [0.15, 0.2) is 0 Å². The summed E-state index contributed by atoms with van der Waals surface area (Å²) in [5.74, 6) is 0.761. The zero-order valence-corrected chi connectivity index (χ0v) is 13.4. The van der Waals surface area contributed by atoms with Crippen LogP contribution in [0.5, 0.6) is 5.75 Å². The van der Waals surface area contributed by atoms with Crippen LogP contribution in [0.3, 0.4) is 0 Å². The molecule has 1 fully saturated rings. The average Bonchev–Trinajstić information content (AvgIpc) is 2.96. The van der Waals surface area contributed by atoms with Crippen molar-refractivity contribution in [1.29, 1.82) is 0 Å². The predicted octanol–water partition coefficient (Wildman–Crippen LogP) is 2.90. The van der Waals surface area contributed by atoms with Crippen LogP contribution in [0.1, 0.15) is 49.5 Å². The summed E-state index contributed by atoms with van der Waals surface area (Å²) in [6.07, 6.45) is 2.27. The van der Waals surface area contributed by atoms with Crippen molar-refractivity contribution in [2.24, 2.45) is 0 Å². The normalized spacial score (nSPS) is 18.6. The van der Waals surface area contributed by atoms with Gasteiger partial charge in [-0.15, -0.1) is 0 Å². The molecule has 0 bridgehead atoms. The van der Waals surface area contributed by atoms with Crippen molar-refractivity contribution in [2.75, 3.05) is 20.3 Å². The standard InChI is InChI=1S/C17H25NO3/c1-17(2,3)14-10-12(7-8-15(14)20-4)16(19)18-11-13-6-5-9-21-13/h7-8,10,13H,5-6,9,11H2,1-4H3,(H,18,19). The Balaban J connectivity index is 2.10. The van der Waals surface area contributed by atoms with Crippen LogP contribution < -0.4 is 10.1 Å². The SMILES string of the molecule is COc1ccc(C(=O)NCC2CCCO2)cc1C(C)(C)C. The van der Waals surface area contributed by atoms with E-state index in [1.165, 1.54) is 0 Å². The Morgan fingerprint density at radius 2 is 2.19 bits per heavy atom. The summed E-state index contributed by atoms with van der Waals surface area (Å²) in [4.78, 5) is 12.3. The Bertz CT molecular complexity index is 499. The fourth-order valence-electron chi connectivity index (χ4n) is 2.55. The van der Waals surface area contributed by atoms with Crippen LogP contribution in [0.4, 0.5) is 0 Å². The molecular weight excluding hydrogens is 266 g/mol. The molecular formula is C17H25NO3. The van der Waals surface area contributed by atoms with E-state index < -0.39 is 0 Å². The van der Waals surface area contributed by atoms with Crippen molar-refractivity contribution in [3.63, 3.8) is 0 Å². The van der Waals surface area contributed by atoms with E-state index in [1.54, 1.807) is 13.2 Å². The highest BCUT2D eigenvalue weighted by Gasteiger charge is 2.21. The molecule has 2 rings (SSSR count). The maximum Gasteiger partial charge on any atom is 0.251 e. The van der Waals surface area contributed by atoms with E-state index in [1.807, 2.05) is 12.1 Å². The monoisotopic (exact) mass is 291 g/mol. The van der Waals surface area contributed by atoms with Crippen molar-refractivity contribution in [1.82, 2.24) is 5.32 Å². The second-order valence-electron chi connectivity index (χ2n) is 6.51. The maximum absolute atomic E-state index is 12.3. The number of amides is 1. The van der Waals surface area contributed by atoms with E-state index in [-0.39, 0.29) is 17.4 Å². The van der Waals surface area contributed by atoms with Gasteiger partial charge in [-0.2, -0.15) is 0 Å². The summed E-state index contributed by atoms with van der Waals surface area (Å²) in [6.45, 7) is 7.71. The molecule has 1 aliphatic heterocycles. The molecule has 21 heavy (non-hydrogen) atoms. The van der Waals surface area contributed by atoms with Gasteiger partial charge in [-0.1, -0.05) is 20.8 Å². The van der Waals surface area contributed by atoms with Gasteiger partial charge in [0.05, 0.1) is 13.2 Å². The average molecular weight is 291 g/mol. The minimum atomic E-state index is -0.0732. The van der Waals surface area contributed by atoms with Crippen molar-refractivity contribution in [3.05, 3.63) is 29.3 Å². The predicted molar refractivity (Wildman–Crippen MR) is 83.0 cm³/mol. The summed E-state index contributed by atoms with van der Waals surface area (Å²) in [5.41, 5.74) is 1.63. The summed E-state index contributed by atoms with van der Waals surface area (Å²) in [7, 11) is 1.65. The minimum absolute atomic E-state index is 0.0568. The fourth-order valence-corrected chi connectivity index (χ4v) is 2.55. The number of ether oxygens (including phenoxy) is 2. The van der Waals surface area contributed by atoms with E-state index in [0.29, 0.717) is 12.1 Å². The van der Waals surface area contributed by atoms with Gasteiger partial charge in [-0.05, 0) is 36.5 Å². The second kappa shape index (κ2) is 6.48. The molecule has 0 aliphatic carbocycles. The molecule has 1 N–H and O–H groups in total. The Morgan fingerprint density at radius 3 is 2.76 bits per heavy atom. The molecule has 1 heterocycles. The minimum Gasteiger partial charge on any atom is -0.496 e. The van der Waals surface area contributed by atoms with Crippen LogP contribution in [0.25, 0.3) is 0 Å². The van der Waals surface area contributed by atoms with Crippen LogP contribution in [-0.4, -0.2) is 32.3 Å². The summed E-state index contributed by atoms with van der Waals surface area (Å²) < 4.78 is 10.9. The molecule has 0 spiro atoms. The van der Waals surface area contributed by atoms with Gasteiger partial charge in [0.25, 0.3) is 5.91 Å². The van der Waals surface area contributed by atoms with Crippen LogP contribution in [0.15, 0.2) is 18.2 Å². The number of hydrogen-bond donors (Lipinski definition) is 1. The molecule has 1 atom stereocenters. The van der Waals surface area contributed by atoms with Crippen LogP contribution in [0.2, 0.25) is 0 Å². The molecule has 116 valence electrons. The summed E-state index contributed by atoms with van der Waals surface area (Å²) in [5, 5.41) is 2.95. The smallest absolute Gasteiger partial charge is 0.251 e. The van der Waals surface area contributed by atoms with Gasteiger partial charge in [-0.25, -0.2) is 0 Å². The lowest BCUT2D eigenvalue weighted by atomic mass is 9.85. The zero-order valence-electron chi connectivity index (χ0n) is 13.4. The third-order valence-electron chi connectivity index (χ3n) is 3.78. The first kappa shape index (κ1) is 15.8. The molecule has 1 amide bonds. The molecule has 4 nitrogen and oxygen atoms in total. The second-order valence-corrected chi connectivity index (χ2v) is 6.51. The lowest BCUT2D eigenvalue weighted by Crippen LogP contribution is -2.32. The van der Waals surface area contributed by atoms with E-state index in [0.717, 1.165) is 30.8 Å². The lowest BCUT2D eigenvalue weighted by molar-refractivity contribution is 0.0857. The highest BCUT2D eigenvalue weighted by molar-refractivity contribution is 5.94. The van der Waals surface area contributed by atoms with Gasteiger partial charge in [0.2, 0.25) is 0 Å². The molecule has 1 aromatic rings. The first-order valence-electron chi connectivity index (χ1n) is 7.50. The van der Waals surface area contributed by atoms with Gasteiger partial charge < -0.3 is 14.8 Å². The largest absolute Gasteiger partial charge is 0.496 e. The van der Waals surface area contributed by atoms with Gasteiger partial charge >= 0.3 is 0 Å². The quantitative estimate of drug-likeness (QED) is 0.928. The van der Waals surface area contributed by atoms with Crippen LogP contribution in [0, 0.1) is 0 Å². The zero-order chi connectivity index (χ0) is 15.5. The number of benzene rings is 1. The Kier molecular flexibility index (Phi) is 4.88. The lowest BCUT2D eigenvalue weighted by Gasteiger charge is -2.23. The van der Waals surface area contributed by atoms with Crippen molar-refractivity contribution < 1.29 is 14.3 Å². The molecule has 0 saturated carbocycles. The highest BCUT2D eigenvalue weighted by Crippen LogP contribution is 2.32. The molecule has 1 unspecified atom stereocenters. The highest BCUT2D eigenvalue weighted by atomic mass is 16.5. The number of carbonyl (C=O) groups is 1. The molecule has 1 aliphatic rings. The molecule has 0 aromatic heterocycles. The van der Waals surface area contributed by atoms with Gasteiger partial charge in [0.1, 0.15) is 5.75 Å². The fraction of sp³-hybridized carbons (Fsp3) is 0.588. The molecule has 1 aromatic carbocycles. The summed E-state index contributed by atoms with van der Waals surface area (Å²) in [6, 6.07) is 5.59. The van der Waals surface area contributed by atoms with Crippen LogP contribution >= 0.6 is 0 Å². The number of rotatable bonds is 4. The van der Waals surface area contributed by atoms with E-state index in [2.05, 4.69) is 26.1 Å². The Labute approximate surface area is 126 Å². The van der Waals surface area contributed by atoms with Crippen LogP contribution in [-0.2, 0) is 10.2 Å². The molecule has 4 heteroatoms. The van der Waals surface area contributed by atoms with Crippen molar-refractivity contribution in [2.45, 2.75) is 45.1 Å². The third kappa shape index (κ3) is 3.97. The Morgan fingerprint density at radius 1 is 1.43 bits per heavy atom. The first-order chi connectivity index (χ1) is 9.91.